The first-order chi connectivity index (χ1) is 15.9. The standard InChI is InChI=1S/C25H23N3O4S/c1-16-6-11-21(17(2)13-16)26-23(29)15-28-24(30)22(33-25(28)31)14-19-5-4-12-27(19)18-7-9-20(32-3)10-8-18/h4-14H,15H2,1-3H3,(H,26,29)/b22-14-. The van der Waals surface area contributed by atoms with Gasteiger partial charge < -0.3 is 14.6 Å². The molecule has 7 nitrogen and oxygen atoms in total. The van der Waals surface area contributed by atoms with E-state index in [4.69, 9.17) is 4.74 Å². The fraction of sp³-hybridized carbons (Fsp3) is 0.160. The van der Waals surface area contributed by atoms with Crippen LogP contribution < -0.4 is 10.1 Å². The minimum atomic E-state index is -0.483. The third-order valence-electron chi connectivity index (χ3n) is 5.24. The van der Waals surface area contributed by atoms with Gasteiger partial charge in [0.1, 0.15) is 12.3 Å². The highest BCUT2D eigenvalue weighted by molar-refractivity contribution is 8.18. The monoisotopic (exact) mass is 461 g/mol. The third kappa shape index (κ3) is 4.85. The number of thioether (sulfide) groups is 1. The van der Waals surface area contributed by atoms with Crippen LogP contribution in [0, 0.1) is 13.8 Å². The van der Waals surface area contributed by atoms with Crippen LogP contribution in [-0.4, -0.2) is 40.2 Å². The van der Waals surface area contributed by atoms with E-state index >= 15 is 0 Å². The van der Waals surface area contributed by atoms with E-state index in [1.807, 2.05) is 79.2 Å². The second-order valence-electron chi connectivity index (χ2n) is 7.64. The predicted molar refractivity (Wildman–Crippen MR) is 130 cm³/mol. The van der Waals surface area contributed by atoms with Crippen LogP contribution in [0.25, 0.3) is 11.8 Å². The number of nitrogens with zero attached hydrogens (tertiary/aromatic N) is 2. The molecule has 0 unspecified atom stereocenters. The SMILES string of the molecule is COc1ccc(-n2cccc2/C=C2\SC(=O)N(CC(=O)Nc3ccc(C)cc3C)C2=O)cc1. The maximum Gasteiger partial charge on any atom is 0.294 e. The van der Waals surface area contributed by atoms with Gasteiger partial charge in [0.05, 0.1) is 12.0 Å². The van der Waals surface area contributed by atoms with Gasteiger partial charge in [-0.3, -0.25) is 19.3 Å². The largest absolute Gasteiger partial charge is 0.497 e. The van der Waals surface area contributed by atoms with E-state index in [-0.39, 0.29) is 11.4 Å². The summed E-state index contributed by atoms with van der Waals surface area (Å²) in [4.78, 5) is 39.1. The quantitative estimate of drug-likeness (QED) is 0.535. The summed E-state index contributed by atoms with van der Waals surface area (Å²) in [5.74, 6) is -0.164. The Labute approximate surface area is 196 Å². The minimum Gasteiger partial charge on any atom is -0.497 e. The van der Waals surface area contributed by atoms with Crippen LogP contribution in [0.4, 0.5) is 10.5 Å². The number of anilines is 1. The van der Waals surface area contributed by atoms with Gasteiger partial charge in [0.25, 0.3) is 11.1 Å². The van der Waals surface area contributed by atoms with E-state index in [9.17, 15) is 14.4 Å². The average molecular weight is 462 g/mol. The van der Waals surface area contributed by atoms with Crippen molar-refractivity contribution in [3.05, 3.63) is 82.5 Å². The number of benzene rings is 2. The van der Waals surface area contributed by atoms with Gasteiger partial charge in [0, 0.05) is 23.3 Å². The Balaban J connectivity index is 1.49. The fourth-order valence-corrected chi connectivity index (χ4v) is 4.37. The molecule has 0 radical (unpaired) electrons. The van der Waals surface area contributed by atoms with Gasteiger partial charge in [-0.2, -0.15) is 0 Å². The maximum atomic E-state index is 12.9. The van der Waals surface area contributed by atoms with Gasteiger partial charge >= 0.3 is 0 Å². The van der Waals surface area contributed by atoms with Crippen molar-refractivity contribution in [1.29, 1.82) is 0 Å². The molecule has 0 aliphatic carbocycles. The number of carbonyl (C=O) groups is 3. The lowest BCUT2D eigenvalue weighted by Gasteiger charge is -2.14. The first kappa shape index (κ1) is 22.4. The van der Waals surface area contributed by atoms with Gasteiger partial charge in [0.15, 0.2) is 0 Å². The highest BCUT2D eigenvalue weighted by Gasteiger charge is 2.36. The first-order valence-corrected chi connectivity index (χ1v) is 11.1. The lowest BCUT2D eigenvalue weighted by molar-refractivity contribution is -0.127. The van der Waals surface area contributed by atoms with Crippen molar-refractivity contribution in [2.75, 3.05) is 19.0 Å². The zero-order valence-corrected chi connectivity index (χ0v) is 19.3. The van der Waals surface area contributed by atoms with Crippen LogP contribution in [0.3, 0.4) is 0 Å². The number of rotatable bonds is 6. The highest BCUT2D eigenvalue weighted by atomic mass is 32.2. The predicted octanol–water partition coefficient (Wildman–Crippen LogP) is 4.78. The highest BCUT2D eigenvalue weighted by Crippen LogP contribution is 2.32. The van der Waals surface area contributed by atoms with Crippen molar-refractivity contribution < 1.29 is 19.1 Å². The van der Waals surface area contributed by atoms with Crippen LogP contribution in [0.1, 0.15) is 16.8 Å². The average Bonchev–Trinajstić information content (AvgIpc) is 3.36. The molecule has 1 aliphatic heterocycles. The van der Waals surface area contributed by atoms with E-state index in [1.54, 1.807) is 13.2 Å². The molecule has 0 bridgehead atoms. The Hall–Kier alpha value is -3.78. The Bertz CT molecular complexity index is 1260. The molecule has 1 fully saturated rings. The van der Waals surface area contributed by atoms with Crippen molar-refractivity contribution in [3.63, 3.8) is 0 Å². The molecule has 2 aromatic carbocycles. The zero-order valence-electron chi connectivity index (χ0n) is 18.5. The van der Waals surface area contributed by atoms with Crippen LogP contribution in [0.2, 0.25) is 0 Å². The zero-order chi connectivity index (χ0) is 23.5. The van der Waals surface area contributed by atoms with Crippen LogP contribution in [-0.2, 0) is 9.59 Å². The molecule has 1 saturated heterocycles. The van der Waals surface area contributed by atoms with Crippen LogP contribution >= 0.6 is 11.8 Å². The molecule has 168 valence electrons. The lowest BCUT2D eigenvalue weighted by Crippen LogP contribution is -2.36. The van der Waals surface area contributed by atoms with Gasteiger partial charge in [-0.05, 0) is 79.7 Å². The molecule has 2 heterocycles. The van der Waals surface area contributed by atoms with Crippen LogP contribution in [0.15, 0.2) is 65.7 Å². The van der Waals surface area contributed by atoms with Crippen molar-refractivity contribution in [3.8, 4) is 11.4 Å². The summed E-state index contributed by atoms with van der Waals surface area (Å²) >= 11 is 0.829. The normalized spacial score (nSPS) is 14.8. The molecule has 3 amide bonds. The molecule has 0 saturated carbocycles. The molecule has 4 rings (SSSR count). The van der Waals surface area contributed by atoms with Gasteiger partial charge in [-0.25, -0.2) is 0 Å². The second kappa shape index (κ2) is 9.38. The molecular formula is C25H23N3O4S. The van der Waals surface area contributed by atoms with Crippen molar-refractivity contribution in [1.82, 2.24) is 9.47 Å². The fourth-order valence-electron chi connectivity index (χ4n) is 3.55. The van der Waals surface area contributed by atoms with Gasteiger partial charge in [0.2, 0.25) is 5.91 Å². The number of nitrogens with one attached hydrogen (secondary N) is 1. The summed E-state index contributed by atoms with van der Waals surface area (Å²) in [6, 6.07) is 16.9. The van der Waals surface area contributed by atoms with E-state index in [0.717, 1.165) is 44.9 Å². The summed E-state index contributed by atoms with van der Waals surface area (Å²) in [6.07, 6.45) is 3.53. The molecule has 0 atom stereocenters. The van der Waals surface area contributed by atoms with Crippen molar-refractivity contribution in [2.24, 2.45) is 0 Å². The van der Waals surface area contributed by atoms with Crippen molar-refractivity contribution in [2.45, 2.75) is 13.8 Å². The Morgan fingerprint density at radius 1 is 1.09 bits per heavy atom. The molecule has 8 heteroatoms. The lowest BCUT2D eigenvalue weighted by atomic mass is 10.1. The summed E-state index contributed by atoms with van der Waals surface area (Å²) in [7, 11) is 1.61. The molecule has 1 N–H and O–H groups in total. The number of hydrogen-bond donors (Lipinski definition) is 1. The van der Waals surface area contributed by atoms with Crippen LogP contribution in [0.5, 0.6) is 5.75 Å². The number of imide groups is 1. The Morgan fingerprint density at radius 2 is 1.85 bits per heavy atom. The van der Waals surface area contributed by atoms with E-state index in [1.165, 1.54) is 0 Å². The molecule has 1 aliphatic rings. The number of aryl methyl sites for hydroxylation is 2. The smallest absolute Gasteiger partial charge is 0.294 e. The van der Waals surface area contributed by atoms with E-state index in [2.05, 4.69) is 5.32 Å². The summed E-state index contributed by atoms with van der Waals surface area (Å²) in [5.41, 5.74) is 4.28. The summed E-state index contributed by atoms with van der Waals surface area (Å²) in [6.45, 7) is 3.52. The van der Waals surface area contributed by atoms with E-state index < -0.39 is 17.1 Å². The Morgan fingerprint density at radius 3 is 2.55 bits per heavy atom. The number of ether oxygens (including phenoxy) is 1. The maximum absolute atomic E-state index is 12.9. The number of carbonyl (C=O) groups excluding carboxylic acids is 3. The number of aromatic nitrogens is 1. The van der Waals surface area contributed by atoms with E-state index in [0.29, 0.717) is 5.69 Å². The molecule has 33 heavy (non-hydrogen) atoms. The van der Waals surface area contributed by atoms with Crippen molar-refractivity contribution >= 4 is 40.6 Å². The molecule has 3 aromatic rings. The summed E-state index contributed by atoms with van der Waals surface area (Å²) < 4.78 is 7.10. The van der Waals surface area contributed by atoms with Gasteiger partial charge in [-0.15, -0.1) is 0 Å². The number of hydrogen-bond acceptors (Lipinski definition) is 5. The second-order valence-corrected chi connectivity index (χ2v) is 8.63. The van der Waals surface area contributed by atoms with Gasteiger partial charge in [-0.1, -0.05) is 17.7 Å². The summed E-state index contributed by atoms with van der Waals surface area (Å²) in [5, 5.41) is 2.31. The Kier molecular flexibility index (Phi) is 6.37. The molecule has 1 aromatic heterocycles. The number of methoxy groups -OCH3 is 1. The minimum absolute atomic E-state index is 0.271. The number of amides is 3. The molecule has 0 spiro atoms. The topological polar surface area (TPSA) is 80.6 Å². The first-order valence-electron chi connectivity index (χ1n) is 10.3. The third-order valence-corrected chi connectivity index (χ3v) is 6.15. The molecular weight excluding hydrogens is 438 g/mol.